The van der Waals surface area contributed by atoms with Crippen LogP contribution >= 0.6 is 0 Å². The number of carbonyl (C=O) groups is 1. The number of hydrogen-bond donors (Lipinski definition) is 1. The summed E-state index contributed by atoms with van der Waals surface area (Å²) < 4.78 is 5.12. The molecule has 3 heteroatoms. The monoisotopic (exact) mass is 410 g/mol. The second-order valence-electron chi connectivity index (χ2n) is 9.05. The van der Waals surface area contributed by atoms with Crippen LogP contribution in [-0.4, -0.2) is 24.3 Å². The van der Waals surface area contributed by atoms with Crippen LogP contribution in [0.4, 0.5) is 0 Å². The standard InChI is InChI=1S/C27H38O3/c1-4-26(2,23-13-7-5-8-14-23)19-11-17-25(29)18-12-20-27(3,21-30-22-28)24-15-9-6-10-16-24/h5-10,13-16,22,25,29H,4,11-12,17-21H2,1-3H3. The maximum absolute atomic E-state index is 10.7. The molecule has 0 saturated heterocycles. The minimum atomic E-state index is -0.283. The number of aliphatic hydroxyl groups is 1. The highest BCUT2D eigenvalue weighted by atomic mass is 16.5. The summed E-state index contributed by atoms with van der Waals surface area (Å²) in [5.74, 6) is 0. The number of benzene rings is 2. The zero-order valence-electron chi connectivity index (χ0n) is 18.8. The van der Waals surface area contributed by atoms with Crippen LogP contribution in [0.25, 0.3) is 0 Å². The second-order valence-corrected chi connectivity index (χ2v) is 9.05. The van der Waals surface area contributed by atoms with Crippen molar-refractivity contribution in [3.8, 4) is 0 Å². The molecule has 0 bridgehead atoms. The average Bonchev–Trinajstić information content (AvgIpc) is 2.78. The minimum absolute atomic E-state index is 0.166. The van der Waals surface area contributed by atoms with Gasteiger partial charge in [0.15, 0.2) is 0 Å². The third kappa shape index (κ3) is 6.98. The Labute approximate surface area is 182 Å². The van der Waals surface area contributed by atoms with E-state index in [0.717, 1.165) is 44.9 Å². The molecule has 0 saturated carbocycles. The van der Waals surface area contributed by atoms with Crippen LogP contribution in [0.5, 0.6) is 0 Å². The average molecular weight is 411 g/mol. The third-order valence-corrected chi connectivity index (χ3v) is 6.72. The Bertz CT molecular complexity index is 730. The number of rotatable bonds is 14. The summed E-state index contributed by atoms with van der Waals surface area (Å²) in [7, 11) is 0. The van der Waals surface area contributed by atoms with E-state index in [4.69, 9.17) is 4.74 Å². The fourth-order valence-electron chi connectivity index (χ4n) is 4.32. The quantitative estimate of drug-likeness (QED) is 0.378. The third-order valence-electron chi connectivity index (χ3n) is 6.72. The van der Waals surface area contributed by atoms with Gasteiger partial charge in [-0.2, -0.15) is 0 Å². The van der Waals surface area contributed by atoms with Gasteiger partial charge in [0.2, 0.25) is 0 Å². The molecule has 0 aromatic heterocycles. The number of aliphatic hydroxyl groups excluding tert-OH is 1. The van der Waals surface area contributed by atoms with Crippen molar-refractivity contribution in [2.45, 2.75) is 82.7 Å². The molecule has 30 heavy (non-hydrogen) atoms. The predicted molar refractivity (Wildman–Crippen MR) is 124 cm³/mol. The van der Waals surface area contributed by atoms with E-state index in [1.165, 1.54) is 11.1 Å². The number of hydrogen-bond acceptors (Lipinski definition) is 3. The molecule has 0 fully saturated rings. The first-order valence-corrected chi connectivity index (χ1v) is 11.3. The predicted octanol–water partition coefficient (Wildman–Crippen LogP) is 6.19. The molecule has 0 aliphatic heterocycles. The van der Waals surface area contributed by atoms with Crippen molar-refractivity contribution in [1.29, 1.82) is 0 Å². The van der Waals surface area contributed by atoms with E-state index in [2.05, 4.69) is 63.2 Å². The number of carbonyl (C=O) groups excluding carboxylic acids is 1. The molecule has 0 amide bonds. The summed E-state index contributed by atoms with van der Waals surface area (Å²) in [5.41, 5.74) is 2.49. The molecule has 3 nitrogen and oxygen atoms in total. The van der Waals surface area contributed by atoms with E-state index in [0.29, 0.717) is 13.1 Å². The van der Waals surface area contributed by atoms with Crippen LogP contribution in [0.2, 0.25) is 0 Å². The van der Waals surface area contributed by atoms with Gasteiger partial charge in [-0.25, -0.2) is 0 Å². The summed E-state index contributed by atoms with van der Waals surface area (Å²) in [4.78, 5) is 10.7. The lowest BCUT2D eigenvalue weighted by atomic mass is 9.75. The van der Waals surface area contributed by atoms with Crippen molar-refractivity contribution in [2.75, 3.05) is 6.61 Å². The van der Waals surface area contributed by atoms with Crippen LogP contribution in [-0.2, 0) is 20.4 Å². The first-order valence-electron chi connectivity index (χ1n) is 11.3. The van der Waals surface area contributed by atoms with Crippen LogP contribution < -0.4 is 0 Å². The molecule has 0 spiro atoms. The summed E-state index contributed by atoms with van der Waals surface area (Å²) >= 11 is 0. The highest BCUT2D eigenvalue weighted by Gasteiger charge is 2.28. The Kier molecular flexibility index (Phi) is 9.58. The fourth-order valence-corrected chi connectivity index (χ4v) is 4.32. The fraction of sp³-hybridized carbons (Fsp3) is 0.519. The first-order chi connectivity index (χ1) is 14.4. The van der Waals surface area contributed by atoms with E-state index >= 15 is 0 Å². The van der Waals surface area contributed by atoms with Gasteiger partial charge < -0.3 is 9.84 Å². The van der Waals surface area contributed by atoms with Gasteiger partial charge >= 0.3 is 0 Å². The summed E-state index contributed by atoms with van der Waals surface area (Å²) in [6.45, 7) is 7.59. The van der Waals surface area contributed by atoms with Crippen molar-refractivity contribution >= 4 is 6.47 Å². The van der Waals surface area contributed by atoms with Gasteiger partial charge in [-0.3, -0.25) is 4.79 Å². The number of ether oxygens (including phenoxy) is 1. The highest BCUT2D eigenvalue weighted by molar-refractivity contribution is 5.38. The summed E-state index contributed by atoms with van der Waals surface area (Å²) in [6.07, 6.45) is 6.29. The molecule has 164 valence electrons. The molecule has 0 radical (unpaired) electrons. The Balaban J connectivity index is 1.81. The van der Waals surface area contributed by atoms with Gasteiger partial charge in [0.05, 0.1) is 6.10 Å². The SMILES string of the molecule is CCC(C)(CCCC(O)CCCC(C)(COC=O)c1ccccc1)c1ccccc1. The van der Waals surface area contributed by atoms with Crippen molar-refractivity contribution in [3.05, 3.63) is 71.8 Å². The molecule has 2 rings (SSSR count). The summed E-state index contributed by atoms with van der Waals surface area (Å²) in [6, 6.07) is 20.9. The maximum Gasteiger partial charge on any atom is 0.293 e. The Morgan fingerprint density at radius 2 is 1.33 bits per heavy atom. The normalized spacial score (nSPS) is 16.3. The molecule has 0 aliphatic rings. The van der Waals surface area contributed by atoms with Crippen molar-refractivity contribution < 1.29 is 14.6 Å². The van der Waals surface area contributed by atoms with E-state index in [9.17, 15) is 9.90 Å². The lowest BCUT2D eigenvalue weighted by molar-refractivity contribution is -0.130. The molecule has 1 N–H and O–H groups in total. The highest BCUT2D eigenvalue weighted by Crippen LogP contribution is 2.34. The molecule has 3 unspecified atom stereocenters. The van der Waals surface area contributed by atoms with E-state index in [-0.39, 0.29) is 16.9 Å². The second kappa shape index (κ2) is 11.9. The smallest absolute Gasteiger partial charge is 0.293 e. The van der Waals surface area contributed by atoms with Gasteiger partial charge in [0.1, 0.15) is 6.61 Å². The van der Waals surface area contributed by atoms with Gasteiger partial charge in [0, 0.05) is 5.41 Å². The van der Waals surface area contributed by atoms with E-state index in [1.54, 1.807) is 0 Å². The van der Waals surface area contributed by atoms with Crippen LogP contribution in [0.15, 0.2) is 60.7 Å². The minimum Gasteiger partial charge on any atom is -0.467 e. The van der Waals surface area contributed by atoms with Crippen LogP contribution in [0.1, 0.15) is 76.8 Å². The van der Waals surface area contributed by atoms with E-state index in [1.807, 2.05) is 18.2 Å². The molecular formula is C27H38O3. The van der Waals surface area contributed by atoms with Crippen LogP contribution in [0.3, 0.4) is 0 Å². The van der Waals surface area contributed by atoms with Crippen molar-refractivity contribution in [1.82, 2.24) is 0 Å². The largest absolute Gasteiger partial charge is 0.467 e. The first kappa shape index (κ1) is 24.1. The molecule has 0 heterocycles. The molecular weight excluding hydrogens is 372 g/mol. The zero-order valence-corrected chi connectivity index (χ0v) is 18.8. The molecule has 0 aliphatic carbocycles. The van der Waals surface area contributed by atoms with E-state index < -0.39 is 0 Å². The lowest BCUT2D eigenvalue weighted by Crippen LogP contribution is -2.28. The van der Waals surface area contributed by atoms with Gasteiger partial charge in [-0.05, 0) is 55.1 Å². The van der Waals surface area contributed by atoms with Crippen LogP contribution in [0, 0.1) is 0 Å². The molecule has 3 atom stereocenters. The van der Waals surface area contributed by atoms with Gasteiger partial charge in [0.25, 0.3) is 6.47 Å². The summed E-state index contributed by atoms with van der Waals surface area (Å²) in [5, 5.41) is 10.5. The van der Waals surface area contributed by atoms with Crippen molar-refractivity contribution in [3.63, 3.8) is 0 Å². The molecule has 2 aromatic rings. The van der Waals surface area contributed by atoms with Gasteiger partial charge in [-0.1, -0.05) is 87.9 Å². The topological polar surface area (TPSA) is 46.5 Å². The van der Waals surface area contributed by atoms with Gasteiger partial charge in [-0.15, -0.1) is 0 Å². The maximum atomic E-state index is 10.7. The Morgan fingerprint density at radius 3 is 1.80 bits per heavy atom. The van der Waals surface area contributed by atoms with Crippen molar-refractivity contribution in [2.24, 2.45) is 0 Å². The Morgan fingerprint density at radius 1 is 0.867 bits per heavy atom. The molecule has 2 aromatic carbocycles. The zero-order chi connectivity index (χ0) is 21.9. The lowest BCUT2D eigenvalue weighted by Gasteiger charge is -2.30. The Hall–Kier alpha value is -2.13.